The molecule has 1 aromatic heterocycles. The van der Waals surface area contributed by atoms with Gasteiger partial charge in [0.15, 0.2) is 4.47 Å². The normalized spacial score (nSPS) is 19.9. The van der Waals surface area contributed by atoms with Crippen LogP contribution < -0.4 is 10.6 Å². The average molecular weight is 274 g/mol. The van der Waals surface area contributed by atoms with Crippen molar-refractivity contribution in [3.63, 3.8) is 0 Å². The number of carbonyl (C=O) groups excluding carboxylic acids is 2. The Morgan fingerprint density at radius 3 is 3.00 bits per heavy atom. The second-order valence-corrected chi connectivity index (χ2v) is 5.67. The third kappa shape index (κ3) is 2.95. The summed E-state index contributed by atoms with van der Waals surface area (Å²) in [5, 5.41) is 5.52. The molecule has 1 aliphatic heterocycles. The maximum Gasteiger partial charge on any atom is 0.271 e. The number of nitrogens with one attached hydrogen (secondary N) is 2. The Hall–Kier alpha value is -1.14. The van der Waals surface area contributed by atoms with Gasteiger partial charge >= 0.3 is 0 Å². The van der Waals surface area contributed by atoms with Crippen LogP contribution in [-0.4, -0.2) is 29.4 Å². The zero-order valence-corrected chi connectivity index (χ0v) is 10.8. The highest BCUT2D eigenvalue weighted by Crippen LogP contribution is 2.21. The van der Waals surface area contributed by atoms with E-state index < -0.39 is 0 Å². The summed E-state index contributed by atoms with van der Waals surface area (Å²) in [6, 6.07) is -0.115. The molecule has 7 heteroatoms. The van der Waals surface area contributed by atoms with Crippen LogP contribution in [0.5, 0.6) is 0 Å². The van der Waals surface area contributed by atoms with E-state index >= 15 is 0 Å². The molecule has 2 N–H and O–H groups in total. The Morgan fingerprint density at radius 2 is 2.41 bits per heavy atom. The topological polar surface area (TPSA) is 71.1 Å². The lowest BCUT2D eigenvalue weighted by molar-refractivity contribution is -0.122. The molecular formula is C10H12ClN3O2S. The van der Waals surface area contributed by atoms with Gasteiger partial charge in [-0.3, -0.25) is 9.59 Å². The van der Waals surface area contributed by atoms with E-state index in [1.165, 1.54) is 11.3 Å². The van der Waals surface area contributed by atoms with Crippen LogP contribution in [0, 0.1) is 6.92 Å². The van der Waals surface area contributed by atoms with Crippen LogP contribution in [0.4, 0.5) is 0 Å². The molecule has 0 aliphatic carbocycles. The van der Waals surface area contributed by atoms with Crippen molar-refractivity contribution in [1.29, 1.82) is 0 Å². The number of carbonyl (C=O) groups is 2. The molecule has 2 heterocycles. The van der Waals surface area contributed by atoms with Gasteiger partial charge in [0.2, 0.25) is 5.91 Å². The van der Waals surface area contributed by atoms with Crippen molar-refractivity contribution in [2.45, 2.75) is 25.8 Å². The van der Waals surface area contributed by atoms with Gasteiger partial charge in [0.1, 0.15) is 5.69 Å². The summed E-state index contributed by atoms with van der Waals surface area (Å²) in [4.78, 5) is 27.8. The highest BCUT2D eigenvalue weighted by molar-refractivity contribution is 7.15. The van der Waals surface area contributed by atoms with Crippen LogP contribution >= 0.6 is 22.9 Å². The van der Waals surface area contributed by atoms with E-state index in [9.17, 15) is 9.59 Å². The van der Waals surface area contributed by atoms with E-state index in [0.717, 1.165) is 11.3 Å². The summed E-state index contributed by atoms with van der Waals surface area (Å²) < 4.78 is 0.356. The van der Waals surface area contributed by atoms with E-state index in [4.69, 9.17) is 11.6 Å². The Balaban J connectivity index is 2.01. The van der Waals surface area contributed by atoms with Crippen molar-refractivity contribution < 1.29 is 9.59 Å². The van der Waals surface area contributed by atoms with Crippen molar-refractivity contribution in [2.24, 2.45) is 0 Å². The lowest BCUT2D eigenvalue weighted by atomic mass is 10.1. The number of aromatic nitrogens is 1. The molecule has 1 unspecified atom stereocenters. The Labute approximate surface area is 108 Å². The quantitative estimate of drug-likeness (QED) is 0.848. The molecule has 0 radical (unpaired) electrons. The number of thiazole rings is 1. The summed E-state index contributed by atoms with van der Waals surface area (Å²) in [6.07, 6.45) is 1.07. The number of nitrogens with zero attached hydrogens (tertiary/aromatic N) is 1. The second-order valence-electron chi connectivity index (χ2n) is 3.88. The van der Waals surface area contributed by atoms with Gasteiger partial charge in [-0.25, -0.2) is 4.98 Å². The molecule has 1 fully saturated rings. The third-order valence-corrected chi connectivity index (χ3v) is 3.64. The van der Waals surface area contributed by atoms with E-state index in [1.54, 1.807) is 6.92 Å². The third-order valence-electron chi connectivity index (χ3n) is 2.57. The van der Waals surface area contributed by atoms with Crippen LogP contribution in [0.3, 0.4) is 0 Å². The minimum Gasteiger partial charge on any atom is -0.356 e. The molecule has 1 aliphatic rings. The molecule has 92 valence electrons. The molecule has 2 rings (SSSR count). The highest BCUT2D eigenvalue weighted by atomic mass is 35.5. The largest absolute Gasteiger partial charge is 0.356 e. The average Bonchev–Trinajstić information content (AvgIpc) is 2.58. The maximum absolute atomic E-state index is 11.9. The molecule has 5 nitrogen and oxygen atoms in total. The minimum atomic E-state index is -0.259. The molecule has 1 saturated heterocycles. The fourth-order valence-electron chi connectivity index (χ4n) is 1.74. The van der Waals surface area contributed by atoms with Crippen molar-refractivity contribution in [3.8, 4) is 0 Å². The summed E-state index contributed by atoms with van der Waals surface area (Å²) in [5.41, 5.74) is 0.353. The number of hydrogen-bond donors (Lipinski definition) is 2. The fraction of sp³-hybridized carbons (Fsp3) is 0.500. The number of rotatable bonds is 2. The van der Waals surface area contributed by atoms with Gasteiger partial charge in [0, 0.05) is 23.9 Å². The Morgan fingerprint density at radius 1 is 1.65 bits per heavy atom. The first kappa shape index (κ1) is 12.3. The predicted molar refractivity (Wildman–Crippen MR) is 65.4 cm³/mol. The van der Waals surface area contributed by atoms with Gasteiger partial charge in [-0.05, 0) is 13.3 Å². The minimum absolute atomic E-state index is 0.0328. The Bertz CT molecular complexity index is 460. The van der Waals surface area contributed by atoms with E-state index in [0.29, 0.717) is 23.1 Å². The van der Waals surface area contributed by atoms with Crippen molar-refractivity contribution in [2.75, 3.05) is 6.54 Å². The first-order valence-electron chi connectivity index (χ1n) is 5.26. The smallest absolute Gasteiger partial charge is 0.271 e. The van der Waals surface area contributed by atoms with Gasteiger partial charge < -0.3 is 10.6 Å². The van der Waals surface area contributed by atoms with Crippen LogP contribution in [-0.2, 0) is 4.79 Å². The monoisotopic (exact) mass is 273 g/mol. The molecule has 17 heavy (non-hydrogen) atoms. The highest BCUT2D eigenvalue weighted by Gasteiger charge is 2.23. The van der Waals surface area contributed by atoms with Gasteiger partial charge in [0.25, 0.3) is 5.91 Å². The first-order chi connectivity index (χ1) is 8.06. The zero-order chi connectivity index (χ0) is 12.4. The molecular weight excluding hydrogens is 262 g/mol. The number of hydrogen-bond acceptors (Lipinski definition) is 4. The zero-order valence-electron chi connectivity index (χ0n) is 9.25. The molecule has 0 saturated carbocycles. The van der Waals surface area contributed by atoms with E-state index in [2.05, 4.69) is 15.6 Å². The van der Waals surface area contributed by atoms with Crippen LogP contribution in [0.25, 0.3) is 0 Å². The standard InChI is InChI=1S/C10H12ClN3O2S/c1-5-8(14-10(11)17-5)9(16)13-6-2-3-12-7(15)4-6/h6H,2-4H2,1H3,(H,12,15)(H,13,16). The Kier molecular flexibility index (Phi) is 3.63. The van der Waals surface area contributed by atoms with Crippen molar-refractivity contribution in [1.82, 2.24) is 15.6 Å². The maximum atomic E-state index is 11.9. The first-order valence-corrected chi connectivity index (χ1v) is 6.46. The molecule has 1 atom stereocenters. The van der Waals surface area contributed by atoms with E-state index in [-0.39, 0.29) is 17.9 Å². The van der Waals surface area contributed by atoms with Crippen LogP contribution in [0.2, 0.25) is 4.47 Å². The molecule has 1 aromatic rings. The number of piperidine rings is 1. The molecule has 0 spiro atoms. The summed E-state index contributed by atoms with van der Waals surface area (Å²) in [6.45, 7) is 2.40. The van der Waals surface area contributed by atoms with Gasteiger partial charge in [0.05, 0.1) is 0 Å². The predicted octanol–water partition coefficient (Wildman–Crippen LogP) is 1.11. The lowest BCUT2D eigenvalue weighted by Gasteiger charge is -2.22. The summed E-state index contributed by atoms with van der Waals surface area (Å²) in [5.74, 6) is -0.292. The SMILES string of the molecule is Cc1sc(Cl)nc1C(=O)NC1CCNC(=O)C1. The van der Waals surface area contributed by atoms with E-state index in [1.807, 2.05) is 0 Å². The number of amides is 2. The summed E-state index contributed by atoms with van der Waals surface area (Å²) >= 11 is 7.01. The van der Waals surface area contributed by atoms with Gasteiger partial charge in [-0.1, -0.05) is 11.6 Å². The van der Waals surface area contributed by atoms with Crippen molar-refractivity contribution >= 4 is 34.8 Å². The van der Waals surface area contributed by atoms with Crippen LogP contribution in [0.15, 0.2) is 0 Å². The van der Waals surface area contributed by atoms with Gasteiger partial charge in [-0.15, -0.1) is 11.3 Å². The number of aryl methyl sites for hydroxylation is 1. The fourth-order valence-corrected chi connectivity index (χ4v) is 2.79. The van der Waals surface area contributed by atoms with Crippen molar-refractivity contribution in [3.05, 3.63) is 15.0 Å². The number of halogens is 1. The lowest BCUT2D eigenvalue weighted by Crippen LogP contribution is -2.45. The second kappa shape index (κ2) is 5.01. The molecule has 0 aromatic carbocycles. The summed E-state index contributed by atoms with van der Waals surface area (Å²) in [7, 11) is 0. The van der Waals surface area contributed by atoms with Gasteiger partial charge in [-0.2, -0.15) is 0 Å². The molecule has 2 amide bonds. The molecule has 0 bridgehead atoms. The van der Waals surface area contributed by atoms with Crippen LogP contribution in [0.1, 0.15) is 28.2 Å².